The fraction of sp³-hybridized carbons (Fsp3) is 0.682. The van der Waals surface area contributed by atoms with Crippen LogP contribution in [0.5, 0.6) is 0 Å². The van der Waals surface area contributed by atoms with E-state index in [1.54, 1.807) is 6.92 Å². The zero-order valence-electron chi connectivity index (χ0n) is 17.3. The van der Waals surface area contributed by atoms with Crippen molar-refractivity contribution in [1.82, 2.24) is 0 Å². The van der Waals surface area contributed by atoms with E-state index in [2.05, 4.69) is 13.2 Å². The first kappa shape index (κ1) is 21.6. The molecule has 0 unspecified atom stereocenters. The molecule has 29 heavy (non-hydrogen) atoms. The molecule has 1 heterocycles. The summed E-state index contributed by atoms with van der Waals surface area (Å²) >= 11 is 0. The van der Waals surface area contributed by atoms with Gasteiger partial charge in [0.2, 0.25) is 0 Å². The molecule has 7 heteroatoms. The zero-order chi connectivity index (χ0) is 21.5. The van der Waals surface area contributed by atoms with Crippen LogP contribution in [0.4, 0.5) is 0 Å². The van der Waals surface area contributed by atoms with Crippen LogP contribution >= 0.6 is 0 Å². The molecule has 2 aliphatic carbocycles. The molecule has 2 saturated carbocycles. The third kappa shape index (κ3) is 3.84. The maximum atomic E-state index is 12.3. The quantitative estimate of drug-likeness (QED) is 0.323. The van der Waals surface area contributed by atoms with Gasteiger partial charge in [0.15, 0.2) is 0 Å². The first-order valence-corrected chi connectivity index (χ1v) is 10.3. The van der Waals surface area contributed by atoms with Crippen molar-refractivity contribution in [3.05, 3.63) is 24.3 Å². The minimum absolute atomic E-state index is 0.0279. The lowest BCUT2D eigenvalue weighted by atomic mass is 9.78. The predicted molar refractivity (Wildman–Crippen MR) is 103 cm³/mol. The van der Waals surface area contributed by atoms with Gasteiger partial charge in [0, 0.05) is 36.2 Å². The lowest BCUT2D eigenvalue weighted by Crippen LogP contribution is -2.38. The summed E-state index contributed by atoms with van der Waals surface area (Å²) in [5.41, 5.74) is 1.25. The van der Waals surface area contributed by atoms with E-state index in [1.807, 2.05) is 6.92 Å². The molecule has 3 fully saturated rings. The van der Waals surface area contributed by atoms with Gasteiger partial charge in [-0.1, -0.05) is 32.6 Å². The van der Waals surface area contributed by atoms with Gasteiger partial charge in [-0.3, -0.25) is 9.59 Å². The second-order valence-electron chi connectivity index (χ2n) is 8.47. The summed E-state index contributed by atoms with van der Waals surface area (Å²) in [6.07, 6.45) is -0.469. The number of carbonyl (C=O) groups excluding carboxylic acids is 3. The number of ether oxygens (including phenoxy) is 3. The van der Waals surface area contributed by atoms with Gasteiger partial charge in [0.05, 0.1) is 18.6 Å². The Balaban J connectivity index is 1.94. The molecule has 0 aromatic heterocycles. The SMILES string of the molecule is C=C1CC[C@H]2C(=C)C(=O)O[C@@H]2[C@@H]2[C@H](COC(=O)[C@H](C)CC)[C@@H](OC(C)=O)[C@H](O)[C@@H]12. The van der Waals surface area contributed by atoms with Crippen molar-refractivity contribution in [2.45, 2.75) is 58.3 Å². The van der Waals surface area contributed by atoms with Gasteiger partial charge in [0.25, 0.3) is 0 Å². The molecule has 0 amide bonds. The first-order valence-electron chi connectivity index (χ1n) is 10.3. The molecule has 1 aliphatic heterocycles. The number of hydrogen-bond donors (Lipinski definition) is 1. The van der Waals surface area contributed by atoms with E-state index in [0.717, 1.165) is 5.57 Å². The van der Waals surface area contributed by atoms with Crippen molar-refractivity contribution < 1.29 is 33.7 Å². The Hall–Kier alpha value is -2.15. The Labute approximate surface area is 171 Å². The highest BCUT2D eigenvalue weighted by molar-refractivity contribution is 5.90. The number of carbonyl (C=O) groups is 3. The van der Waals surface area contributed by atoms with Gasteiger partial charge in [0.1, 0.15) is 12.2 Å². The van der Waals surface area contributed by atoms with Crippen LogP contribution in [-0.4, -0.2) is 47.9 Å². The van der Waals surface area contributed by atoms with E-state index in [0.29, 0.717) is 24.8 Å². The maximum Gasteiger partial charge on any atom is 0.334 e. The third-order valence-corrected chi connectivity index (χ3v) is 6.75. The van der Waals surface area contributed by atoms with E-state index in [9.17, 15) is 19.5 Å². The second-order valence-corrected chi connectivity index (χ2v) is 8.47. The average Bonchev–Trinajstić information content (AvgIpc) is 3.04. The monoisotopic (exact) mass is 406 g/mol. The molecule has 0 bridgehead atoms. The van der Waals surface area contributed by atoms with Crippen molar-refractivity contribution >= 4 is 17.9 Å². The molecule has 1 N–H and O–H groups in total. The molecule has 160 valence electrons. The summed E-state index contributed by atoms with van der Waals surface area (Å²) in [7, 11) is 0. The predicted octanol–water partition coefficient (Wildman–Crippen LogP) is 2.18. The van der Waals surface area contributed by atoms with Crippen LogP contribution in [0.3, 0.4) is 0 Å². The van der Waals surface area contributed by atoms with Gasteiger partial charge in [-0.15, -0.1) is 0 Å². The van der Waals surface area contributed by atoms with Gasteiger partial charge >= 0.3 is 17.9 Å². The molecule has 0 aromatic carbocycles. The summed E-state index contributed by atoms with van der Waals surface area (Å²) in [4.78, 5) is 36.2. The van der Waals surface area contributed by atoms with Crippen LogP contribution in [0.15, 0.2) is 24.3 Å². The van der Waals surface area contributed by atoms with E-state index >= 15 is 0 Å². The number of aliphatic hydroxyl groups excluding tert-OH is 1. The molecule has 0 spiro atoms. The van der Waals surface area contributed by atoms with Crippen LogP contribution in [0.25, 0.3) is 0 Å². The van der Waals surface area contributed by atoms with Crippen LogP contribution in [0.2, 0.25) is 0 Å². The van der Waals surface area contributed by atoms with E-state index in [4.69, 9.17) is 14.2 Å². The number of rotatable bonds is 5. The molecular formula is C22H30O7. The largest absolute Gasteiger partial charge is 0.465 e. The van der Waals surface area contributed by atoms with Gasteiger partial charge in [-0.25, -0.2) is 4.79 Å². The summed E-state index contributed by atoms with van der Waals surface area (Å²) in [6.45, 7) is 13.0. The minimum atomic E-state index is -1.00. The smallest absolute Gasteiger partial charge is 0.334 e. The van der Waals surface area contributed by atoms with Crippen molar-refractivity contribution in [1.29, 1.82) is 0 Å². The highest BCUT2D eigenvalue weighted by Crippen LogP contribution is 2.53. The fourth-order valence-electron chi connectivity index (χ4n) is 5.00. The Morgan fingerprint density at radius 2 is 2.03 bits per heavy atom. The highest BCUT2D eigenvalue weighted by atomic mass is 16.6. The lowest BCUT2D eigenvalue weighted by molar-refractivity contribution is -0.161. The summed E-state index contributed by atoms with van der Waals surface area (Å²) in [5.74, 6) is -3.05. The van der Waals surface area contributed by atoms with Crippen molar-refractivity contribution in [2.75, 3.05) is 6.61 Å². The van der Waals surface area contributed by atoms with E-state index in [1.165, 1.54) is 6.92 Å². The topological polar surface area (TPSA) is 99.1 Å². The number of esters is 3. The van der Waals surface area contributed by atoms with Crippen LogP contribution < -0.4 is 0 Å². The summed E-state index contributed by atoms with van der Waals surface area (Å²) in [6, 6.07) is 0. The average molecular weight is 406 g/mol. The summed E-state index contributed by atoms with van der Waals surface area (Å²) < 4.78 is 16.6. The number of fused-ring (bicyclic) bond motifs is 3. The van der Waals surface area contributed by atoms with E-state index in [-0.39, 0.29) is 30.3 Å². The standard InChI is InChI=1S/C22H30O7/c1-6-10(2)21(25)27-9-15-17-16(18(24)20(15)28-13(5)23)11(3)7-8-14-12(4)22(26)29-19(14)17/h10,14-20,24H,3-4,6-9H2,1-2,5H3/t10-,14+,15+,16+,17-,18-,19+,20-/m1/s1. The van der Waals surface area contributed by atoms with Crippen LogP contribution in [0.1, 0.15) is 40.0 Å². The second kappa shape index (κ2) is 8.30. The normalized spacial score (nSPS) is 37.2. The van der Waals surface area contributed by atoms with Crippen LogP contribution in [0, 0.1) is 29.6 Å². The highest BCUT2D eigenvalue weighted by Gasteiger charge is 2.60. The Morgan fingerprint density at radius 3 is 2.66 bits per heavy atom. The maximum absolute atomic E-state index is 12.3. The Morgan fingerprint density at radius 1 is 1.34 bits per heavy atom. The van der Waals surface area contributed by atoms with Crippen molar-refractivity contribution in [3.8, 4) is 0 Å². The van der Waals surface area contributed by atoms with Gasteiger partial charge in [-0.05, 0) is 19.3 Å². The number of aliphatic hydroxyl groups is 1. The lowest BCUT2D eigenvalue weighted by Gasteiger charge is -2.30. The fourth-order valence-corrected chi connectivity index (χ4v) is 5.00. The Kier molecular flexibility index (Phi) is 6.17. The molecule has 0 aromatic rings. The number of hydrogen-bond acceptors (Lipinski definition) is 7. The first-order chi connectivity index (χ1) is 13.7. The molecule has 7 nitrogen and oxygen atoms in total. The van der Waals surface area contributed by atoms with Crippen molar-refractivity contribution in [2.24, 2.45) is 29.6 Å². The van der Waals surface area contributed by atoms with Crippen molar-refractivity contribution in [3.63, 3.8) is 0 Å². The minimum Gasteiger partial charge on any atom is -0.465 e. The molecule has 3 aliphatic rings. The third-order valence-electron chi connectivity index (χ3n) is 6.75. The molecule has 1 saturated heterocycles. The van der Waals surface area contributed by atoms with Crippen LogP contribution in [-0.2, 0) is 28.6 Å². The molecule has 3 rings (SSSR count). The molecule has 0 radical (unpaired) electrons. The molecule has 8 atom stereocenters. The van der Waals surface area contributed by atoms with Gasteiger partial charge < -0.3 is 19.3 Å². The summed E-state index contributed by atoms with van der Waals surface area (Å²) in [5, 5.41) is 11.0. The van der Waals surface area contributed by atoms with E-state index < -0.39 is 42.1 Å². The van der Waals surface area contributed by atoms with Gasteiger partial charge in [-0.2, -0.15) is 0 Å². The Bertz CT molecular complexity index is 727. The molecular weight excluding hydrogens is 376 g/mol. The zero-order valence-corrected chi connectivity index (χ0v) is 17.3.